The van der Waals surface area contributed by atoms with E-state index in [9.17, 15) is 14.4 Å². The Bertz CT molecular complexity index is 716. The maximum atomic E-state index is 12.0. The van der Waals surface area contributed by atoms with Gasteiger partial charge < -0.3 is 10.4 Å². The van der Waals surface area contributed by atoms with Crippen molar-refractivity contribution in [3.8, 4) is 0 Å². The Kier molecular flexibility index (Phi) is 3.60. The summed E-state index contributed by atoms with van der Waals surface area (Å²) >= 11 is 0. The predicted octanol–water partition coefficient (Wildman–Crippen LogP) is 1.03. The summed E-state index contributed by atoms with van der Waals surface area (Å²) in [4.78, 5) is 34.0. The molecule has 0 unspecified atom stereocenters. The average Bonchev–Trinajstić information content (AvgIpc) is 2.41. The fourth-order valence-corrected chi connectivity index (χ4v) is 1.66. The molecule has 7 nitrogen and oxygen atoms in total. The molecule has 102 valence electrons. The molecule has 1 amide bonds. The van der Waals surface area contributed by atoms with Gasteiger partial charge in [0, 0.05) is 6.07 Å². The van der Waals surface area contributed by atoms with Crippen LogP contribution in [0.2, 0.25) is 0 Å². The molecule has 2 rings (SSSR count). The molecule has 7 heteroatoms. The van der Waals surface area contributed by atoms with E-state index in [0.29, 0.717) is 5.56 Å². The molecule has 0 atom stereocenters. The Morgan fingerprint density at radius 2 is 2.00 bits per heavy atom. The van der Waals surface area contributed by atoms with Crippen LogP contribution in [-0.4, -0.2) is 27.2 Å². The van der Waals surface area contributed by atoms with Crippen LogP contribution in [0.25, 0.3) is 0 Å². The molecule has 0 saturated heterocycles. The lowest BCUT2D eigenvalue weighted by atomic mass is 10.1. The number of rotatable bonds is 3. The van der Waals surface area contributed by atoms with Crippen molar-refractivity contribution >= 4 is 17.6 Å². The summed E-state index contributed by atoms with van der Waals surface area (Å²) in [7, 11) is 0. The minimum absolute atomic E-state index is 0.0100. The zero-order valence-electron chi connectivity index (χ0n) is 10.5. The molecule has 0 bridgehead atoms. The van der Waals surface area contributed by atoms with Gasteiger partial charge in [-0.2, -0.15) is 5.10 Å². The molecule has 0 saturated carbocycles. The minimum atomic E-state index is -1.14. The molecule has 0 radical (unpaired) electrons. The normalized spacial score (nSPS) is 10.1. The molecule has 1 heterocycles. The Hall–Kier alpha value is -2.96. The van der Waals surface area contributed by atoms with E-state index >= 15 is 0 Å². The zero-order valence-corrected chi connectivity index (χ0v) is 10.5. The summed E-state index contributed by atoms with van der Waals surface area (Å²) in [6, 6.07) is 7.09. The highest BCUT2D eigenvalue weighted by Gasteiger charge is 2.16. The van der Waals surface area contributed by atoms with Crippen molar-refractivity contribution in [2.45, 2.75) is 6.92 Å². The highest BCUT2D eigenvalue weighted by molar-refractivity contribution is 6.07. The summed E-state index contributed by atoms with van der Waals surface area (Å²) in [5.41, 5.74) is 0.372. The highest BCUT2D eigenvalue weighted by Crippen LogP contribution is 2.21. The maximum absolute atomic E-state index is 12.0. The van der Waals surface area contributed by atoms with Crippen LogP contribution in [0.4, 0.5) is 5.69 Å². The van der Waals surface area contributed by atoms with Crippen LogP contribution in [0.15, 0.2) is 35.1 Å². The Labute approximate surface area is 113 Å². The smallest absolute Gasteiger partial charge is 0.337 e. The van der Waals surface area contributed by atoms with Crippen molar-refractivity contribution in [2.24, 2.45) is 0 Å². The molecule has 0 aliphatic carbocycles. The van der Waals surface area contributed by atoms with Crippen molar-refractivity contribution in [2.75, 3.05) is 5.32 Å². The van der Waals surface area contributed by atoms with Gasteiger partial charge >= 0.3 is 5.97 Å². The third-order valence-electron chi connectivity index (χ3n) is 2.65. The van der Waals surface area contributed by atoms with Crippen molar-refractivity contribution in [1.82, 2.24) is 10.2 Å². The number of carboxylic acids is 1. The van der Waals surface area contributed by atoms with Gasteiger partial charge in [-0.15, -0.1) is 0 Å². The van der Waals surface area contributed by atoms with E-state index in [1.165, 1.54) is 12.1 Å². The van der Waals surface area contributed by atoms with Crippen LogP contribution in [-0.2, 0) is 0 Å². The number of hydrogen-bond acceptors (Lipinski definition) is 4. The van der Waals surface area contributed by atoms with E-state index in [4.69, 9.17) is 5.11 Å². The van der Waals surface area contributed by atoms with E-state index in [-0.39, 0.29) is 16.9 Å². The average molecular weight is 273 g/mol. The molecule has 0 aliphatic heterocycles. The molecule has 1 aromatic heterocycles. The number of aromatic carboxylic acids is 1. The third-order valence-corrected chi connectivity index (χ3v) is 2.65. The summed E-state index contributed by atoms with van der Waals surface area (Å²) in [5, 5.41) is 17.3. The lowest BCUT2D eigenvalue weighted by Gasteiger charge is -2.10. The molecule has 20 heavy (non-hydrogen) atoms. The number of amides is 1. The van der Waals surface area contributed by atoms with Crippen molar-refractivity contribution < 1.29 is 14.7 Å². The van der Waals surface area contributed by atoms with Crippen LogP contribution in [0.3, 0.4) is 0 Å². The van der Waals surface area contributed by atoms with Gasteiger partial charge in [0.2, 0.25) is 0 Å². The van der Waals surface area contributed by atoms with Gasteiger partial charge in [0.25, 0.3) is 11.5 Å². The number of aromatic nitrogens is 2. The van der Waals surface area contributed by atoms with Crippen molar-refractivity contribution in [3.05, 3.63) is 57.5 Å². The quantitative estimate of drug-likeness (QED) is 0.773. The number of aryl methyl sites for hydroxylation is 1. The maximum Gasteiger partial charge on any atom is 0.337 e. The molecule has 0 spiro atoms. The first-order valence-electron chi connectivity index (χ1n) is 5.69. The SMILES string of the molecule is Cc1cccc(C(=O)O)c1NC(=O)c1ccc(=O)[nH]n1. The first-order valence-corrected chi connectivity index (χ1v) is 5.69. The fraction of sp³-hybridized carbons (Fsp3) is 0.0769. The van der Waals surface area contributed by atoms with E-state index in [2.05, 4.69) is 15.5 Å². The summed E-state index contributed by atoms with van der Waals surface area (Å²) in [6.07, 6.45) is 0. The fourth-order valence-electron chi connectivity index (χ4n) is 1.66. The van der Waals surface area contributed by atoms with Crippen LogP contribution in [0, 0.1) is 6.92 Å². The second-order valence-corrected chi connectivity index (χ2v) is 4.06. The summed E-state index contributed by atoms with van der Waals surface area (Å²) in [6.45, 7) is 1.68. The van der Waals surface area contributed by atoms with Crippen LogP contribution in [0.1, 0.15) is 26.4 Å². The number of H-pyrrole nitrogens is 1. The summed E-state index contributed by atoms with van der Waals surface area (Å²) < 4.78 is 0. The largest absolute Gasteiger partial charge is 0.478 e. The minimum Gasteiger partial charge on any atom is -0.478 e. The number of para-hydroxylation sites is 1. The number of benzene rings is 1. The molecule has 1 aromatic carbocycles. The van der Waals surface area contributed by atoms with Gasteiger partial charge in [0.15, 0.2) is 0 Å². The first kappa shape index (κ1) is 13.5. The van der Waals surface area contributed by atoms with E-state index < -0.39 is 17.4 Å². The van der Waals surface area contributed by atoms with Gasteiger partial charge in [0.05, 0.1) is 11.3 Å². The van der Waals surface area contributed by atoms with Crippen LogP contribution < -0.4 is 10.9 Å². The monoisotopic (exact) mass is 273 g/mol. The molecule has 0 aliphatic rings. The number of hydrogen-bond donors (Lipinski definition) is 3. The molecule has 0 fully saturated rings. The molecule has 2 aromatic rings. The van der Waals surface area contributed by atoms with E-state index in [0.717, 1.165) is 6.07 Å². The number of carbonyl (C=O) groups is 2. The number of nitrogens with zero attached hydrogens (tertiary/aromatic N) is 1. The Morgan fingerprint density at radius 1 is 1.25 bits per heavy atom. The van der Waals surface area contributed by atoms with Gasteiger partial charge in [-0.25, -0.2) is 9.89 Å². The molecular formula is C13H11N3O4. The second-order valence-electron chi connectivity index (χ2n) is 4.06. The van der Waals surface area contributed by atoms with Crippen molar-refractivity contribution in [1.29, 1.82) is 0 Å². The Morgan fingerprint density at radius 3 is 2.60 bits per heavy atom. The zero-order chi connectivity index (χ0) is 14.7. The topological polar surface area (TPSA) is 112 Å². The van der Waals surface area contributed by atoms with Crippen molar-refractivity contribution in [3.63, 3.8) is 0 Å². The molecule has 3 N–H and O–H groups in total. The van der Waals surface area contributed by atoms with Gasteiger partial charge in [-0.3, -0.25) is 9.59 Å². The Balaban J connectivity index is 2.35. The predicted molar refractivity (Wildman–Crippen MR) is 70.9 cm³/mol. The van der Waals surface area contributed by atoms with E-state index in [1.54, 1.807) is 19.1 Å². The van der Waals surface area contributed by atoms with Crippen LogP contribution >= 0.6 is 0 Å². The lowest BCUT2D eigenvalue weighted by Crippen LogP contribution is -2.19. The number of carboxylic acid groups (broad SMARTS) is 1. The lowest BCUT2D eigenvalue weighted by molar-refractivity contribution is 0.0698. The number of nitrogens with one attached hydrogen (secondary N) is 2. The number of carbonyl (C=O) groups excluding carboxylic acids is 1. The summed E-state index contributed by atoms with van der Waals surface area (Å²) in [5.74, 6) is -1.74. The number of aromatic amines is 1. The van der Waals surface area contributed by atoms with Gasteiger partial charge in [-0.1, -0.05) is 12.1 Å². The molecular weight excluding hydrogens is 262 g/mol. The van der Waals surface area contributed by atoms with Crippen LogP contribution in [0.5, 0.6) is 0 Å². The van der Waals surface area contributed by atoms with E-state index in [1.807, 2.05) is 0 Å². The highest BCUT2D eigenvalue weighted by atomic mass is 16.4. The van der Waals surface area contributed by atoms with Gasteiger partial charge in [-0.05, 0) is 24.6 Å². The standard InChI is InChI=1S/C13H11N3O4/c1-7-3-2-4-8(13(19)20)11(7)14-12(18)9-5-6-10(17)16-15-9/h2-6H,1H3,(H,14,18)(H,16,17)(H,19,20). The second kappa shape index (κ2) is 5.35. The third kappa shape index (κ3) is 2.72. The van der Waals surface area contributed by atoms with Gasteiger partial charge in [0.1, 0.15) is 5.69 Å². The number of anilines is 1. The first-order chi connectivity index (χ1) is 9.49.